The number of rotatable bonds is 10. The lowest BCUT2D eigenvalue weighted by molar-refractivity contribution is -0.363. The topological polar surface area (TPSA) is 250 Å². The van der Waals surface area contributed by atoms with Crippen molar-refractivity contribution < 1.29 is 77.8 Å². The molecule has 2 aromatic carbocycles. The van der Waals surface area contributed by atoms with E-state index in [4.69, 9.17) is 37.9 Å². The summed E-state index contributed by atoms with van der Waals surface area (Å²) >= 11 is 0. The predicted molar refractivity (Wildman–Crippen MR) is 252 cm³/mol. The molecule has 22 atom stereocenters. The van der Waals surface area contributed by atoms with Crippen molar-refractivity contribution in [3.63, 3.8) is 0 Å². The second kappa shape index (κ2) is 20.1. The predicted octanol–water partition coefficient (Wildman–Crippen LogP) is 5.13. The molecular weight excluding hydrogens is 921 g/mol. The molecule has 4 saturated carbocycles. The van der Waals surface area contributed by atoms with Crippen molar-refractivity contribution in [3.8, 4) is 0 Å². The number of anilines is 2. The van der Waals surface area contributed by atoms with Crippen molar-refractivity contribution in [1.82, 2.24) is 0 Å². The molecule has 18 heteroatoms. The number of carbonyl (C=O) groups is 3. The molecule has 2 aromatic rings. The molecular formula is C53H72N2O16. The Morgan fingerprint density at radius 3 is 1.97 bits per heavy atom. The maximum Gasteiger partial charge on any atom is 0.411 e. The van der Waals surface area contributed by atoms with Gasteiger partial charge in [-0.3, -0.25) is 15.4 Å². The number of hydrogen-bond acceptors (Lipinski definition) is 16. The first-order valence-electron chi connectivity index (χ1n) is 25.8. The molecule has 8 fully saturated rings. The Morgan fingerprint density at radius 2 is 1.32 bits per heavy atom. The number of ether oxygens (including phenoxy) is 8. The number of fused-ring (bicyclic) bond motifs is 7. The van der Waals surface area contributed by atoms with Crippen LogP contribution in [-0.4, -0.2) is 143 Å². The highest BCUT2D eigenvalue weighted by Crippen LogP contribution is 2.70. The van der Waals surface area contributed by atoms with E-state index in [1.54, 1.807) is 60.7 Å². The number of hydrogen-bond donors (Lipinski definition) is 7. The van der Waals surface area contributed by atoms with E-state index in [0.717, 1.165) is 38.5 Å². The van der Waals surface area contributed by atoms with Crippen molar-refractivity contribution >= 4 is 29.3 Å². The average Bonchev–Trinajstić information content (AvgIpc) is 3.79. The molecule has 7 N–H and O–H groups in total. The molecule has 71 heavy (non-hydrogen) atoms. The van der Waals surface area contributed by atoms with Gasteiger partial charge in [-0.25, -0.2) is 9.59 Å². The van der Waals surface area contributed by atoms with Gasteiger partial charge in [-0.05, 0) is 110 Å². The first-order chi connectivity index (χ1) is 34.0. The largest absolute Gasteiger partial charge is 0.446 e. The van der Waals surface area contributed by atoms with Gasteiger partial charge in [0.2, 0.25) is 0 Å². The van der Waals surface area contributed by atoms with Crippen LogP contribution >= 0.6 is 0 Å². The van der Waals surface area contributed by atoms with Crippen LogP contribution in [0.3, 0.4) is 0 Å². The molecule has 390 valence electrons. The highest BCUT2D eigenvalue weighted by atomic mass is 16.7. The Balaban J connectivity index is 0.802. The maximum atomic E-state index is 14.7. The molecule has 8 aliphatic rings. The molecule has 4 saturated heterocycles. The number of aliphatic hydroxyl groups is 5. The van der Waals surface area contributed by atoms with Crippen LogP contribution in [0.1, 0.15) is 85.5 Å². The first kappa shape index (κ1) is 50.7. The Hall–Kier alpha value is -3.79. The van der Waals surface area contributed by atoms with E-state index in [2.05, 4.69) is 38.3 Å². The summed E-state index contributed by atoms with van der Waals surface area (Å²) in [6, 6.07) is 17.1. The van der Waals surface area contributed by atoms with Crippen LogP contribution in [0.2, 0.25) is 0 Å². The van der Waals surface area contributed by atoms with Crippen molar-refractivity contribution in [2.75, 3.05) is 30.5 Å². The summed E-state index contributed by atoms with van der Waals surface area (Å²) in [6.07, 6.45) is -11.2. The van der Waals surface area contributed by atoms with E-state index < -0.39 is 98.7 Å². The Morgan fingerprint density at radius 1 is 0.704 bits per heavy atom. The van der Waals surface area contributed by atoms with Gasteiger partial charge in [0.05, 0.1) is 18.8 Å². The second-order valence-corrected chi connectivity index (χ2v) is 22.5. The monoisotopic (exact) mass is 992 g/mol. The van der Waals surface area contributed by atoms with Crippen LogP contribution in [0.5, 0.6) is 0 Å². The van der Waals surface area contributed by atoms with Gasteiger partial charge in [-0.15, -0.1) is 0 Å². The number of carbonyl (C=O) groups excluding carboxylic acids is 3. The van der Waals surface area contributed by atoms with E-state index in [0.29, 0.717) is 54.9 Å². The van der Waals surface area contributed by atoms with Crippen LogP contribution in [0.4, 0.5) is 21.0 Å². The third-order valence-corrected chi connectivity index (χ3v) is 18.3. The number of amides is 2. The van der Waals surface area contributed by atoms with Gasteiger partial charge in [0, 0.05) is 36.1 Å². The highest BCUT2D eigenvalue weighted by molar-refractivity contribution is 5.85. The van der Waals surface area contributed by atoms with Gasteiger partial charge in [-0.1, -0.05) is 64.1 Å². The SMILES string of the molecule is CC1C2C(C[C@H]3[C@@H]4CC[C@H]5C[C@@H](O[C@@H]6O[C@H](COC(=O)Nc7ccccc7)[C@@H](O[C@@H]7O[C@H](COC(=O)Nc8ccccc8)[C@@H](O)[C@H](O)[C@H]7O)[C@H](O)[C@H]6O)CC[C@]5(C)[C@H]4C(=O)C[C@]23C)O[C@]12CC[C@@H](C)CO2. The number of para-hydroxylation sites is 2. The van der Waals surface area contributed by atoms with Gasteiger partial charge >= 0.3 is 12.2 Å². The van der Waals surface area contributed by atoms with E-state index in [9.17, 15) is 39.9 Å². The minimum atomic E-state index is -1.88. The standard InChI is InChI=1S/C53H72N2O16/c1-27-17-20-53(66-24-27)28(2)39-36(71-53)22-34-33-16-15-29-21-32(18-19-51(29,3)40(33)35(56)23-52(34,39)4)67-47-45(61)43(59)46(38(69-47)26-65-50(63)55-31-13-9-6-10-14-31)70-48-44(60)42(58)41(57)37(68-48)25-64-49(62)54-30-11-7-5-8-12-30/h5-14,27-29,32-34,36-48,57-61H,15-26H2,1-4H3,(H,54,62)(H,55,63)/t27-,28?,29+,32+,33+,34+,36?,37-,38-,39?,40-,41-,42+,43-,44-,45-,46-,47-,48+,51+,52+,53-/m1/s1. The molecule has 18 nitrogen and oxygen atoms in total. The number of Topliss-reactive ketones (excluding diaryl/α,β-unsaturated/α-hetero) is 1. The Bertz CT molecular complexity index is 2200. The minimum Gasteiger partial charge on any atom is -0.446 e. The van der Waals surface area contributed by atoms with Gasteiger partial charge in [0.1, 0.15) is 67.8 Å². The van der Waals surface area contributed by atoms with Gasteiger partial charge in [-0.2, -0.15) is 0 Å². The van der Waals surface area contributed by atoms with Crippen molar-refractivity contribution in [1.29, 1.82) is 0 Å². The summed E-state index contributed by atoms with van der Waals surface area (Å²) in [5.74, 6) is 1.52. The van der Waals surface area contributed by atoms with Gasteiger partial charge in [0.25, 0.3) is 0 Å². The summed E-state index contributed by atoms with van der Waals surface area (Å²) in [7, 11) is 0. The molecule has 4 aliphatic carbocycles. The summed E-state index contributed by atoms with van der Waals surface area (Å²) in [4.78, 5) is 40.3. The molecule has 4 heterocycles. The molecule has 4 aliphatic heterocycles. The number of benzene rings is 2. The van der Waals surface area contributed by atoms with Crippen molar-refractivity contribution in [2.45, 2.75) is 165 Å². The minimum absolute atomic E-state index is 0.0791. The average molecular weight is 993 g/mol. The van der Waals surface area contributed by atoms with E-state index in [1.165, 1.54) is 0 Å². The van der Waals surface area contributed by atoms with Crippen LogP contribution in [-0.2, 0) is 42.7 Å². The Labute approximate surface area is 414 Å². The fraction of sp³-hybridized carbons (Fsp3) is 0.717. The third kappa shape index (κ3) is 9.53. The highest BCUT2D eigenvalue weighted by Gasteiger charge is 2.71. The Kier molecular flexibility index (Phi) is 14.4. The molecule has 10 rings (SSSR count). The summed E-state index contributed by atoms with van der Waals surface area (Å²) in [5, 5.41) is 61.4. The van der Waals surface area contributed by atoms with E-state index in [1.807, 2.05) is 0 Å². The first-order valence-corrected chi connectivity index (χ1v) is 25.8. The van der Waals surface area contributed by atoms with Crippen molar-refractivity contribution in [3.05, 3.63) is 60.7 Å². The van der Waals surface area contributed by atoms with Crippen molar-refractivity contribution in [2.24, 2.45) is 52.3 Å². The fourth-order valence-corrected chi connectivity index (χ4v) is 14.7. The zero-order valence-electron chi connectivity index (χ0n) is 41.0. The summed E-state index contributed by atoms with van der Waals surface area (Å²) < 4.78 is 49.1. The van der Waals surface area contributed by atoms with Gasteiger partial charge < -0.3 is 63.4 Å². The number of nitrogens with one attached hydrogen (secondary N) is 2. The number of ketones is 1. The molecule has 3 unspecified atom stereocenters. The molecule has 0 radical (unpaired) electrons. The van der Waals surface area contributed by atoms with Crippen LogP contribution in [0.25, 0.3) is 0 Å². The summed E-state index contributed by atoms with van der Waals surface area (Å²) in [6.45, 7) is 8.77. The fourth-order valence-electron chi connectivity index (χ4n) is 14.7. The third-order valence-electron chi connectivity index (χ3n) is 18.3. The van der Waals surface area contributed by atoms with E-state index >= 15 is 0 Å². The number of aliphatic hydroxyl groups excluding tert-OH is 5. The summed E-state index contributed by atoms with van der Waals surface area (Å²) in [5.41, 5.74) is 0.498. The molecule has 0 aromatic heterocycles. The van der Waals surface area contributed by atoms with E-state index in [-0.39, 0.29) is 46.5 Å². The smallest absolute Gasteiger partial charge is 0.411 e. The lowest BCUT2D eigenvalue weighted by atomic mass is 9.44. The molecule has 1 spiro atoms. The van der Waals surface area contributed by atoms with Gasteiger partial charge in [0.15, 0.2) is 18.4 Å². The normalized spacial score (nSPS) is 46.0. The van der Waals surface area contributed by atoms with Crippen LogP contribution in [0, 0.1) is 52.3 Å². The lowest BCUT2D eigenvalue weighted by Gasteiger charge is -2.60. The van der Waals surface area contributed by atoms with Crippen LogP contribution < -0.4 is 10.6 Å². The van der Waals surface area contributed by atoms with Crippen LogP contribution in [0.15, 0.2) is 60.7 Å². The maximum absolute atomic E-state index is 14.7. The lowest BCUT2D eigenvalue weighted by Crippen LogP contribution is -2.65. The molecule has 0 bridgehead atoms. The zero-order valence-corrected chi connectivity index (χ0v) is 41.0. The zero-order chi connectivity index (χ0) is 50.0. The quantitative estimate of drug-likeness (QED) is 0.152. The molecule has 2 amide bonds. The second-order valence-electron chi connectivity index (χ2n) is 22.5.